The molecule has 2 heterocycles. The van der Waals surface area contributed by atoms with Crippen molar-refractivity contribution in [1.82, 2.24) is 15.4 Å². The van der Waals surface area contributed by atoms with Crippen molar-refractivity contribution in [3.8, 4) is 0 Å². The van der Waals surface area contributed by atoms with E-state index in [0.717, 1.165) is 50.6 Å². The Hall–Kier alpha value is -1.65. The number of nitrogens with one attached hydrogen (secondary N) is 1. The topological polar surface area (TPSA) is 41.3 Å². The largest absolute Gasteiger partial charge is 0.360 e. The van der Waals surface area contributed by atoms with Gasteiger partial charge in [-0.05, 0) is 24.1 Å². The second-order valence-corrected chi connectivity index (χ2v) is 5.38. The first kappa shape index (κ1) is 13.3. The van der Waals surface area contributed by atoms with Gasteiger partial charge >= 0.3 is 0 Å². The van der Waals surface area contributed by atoms with E-state index in [0.29, 0.717) is 0 Å². The normalized spacial score (nSPS) is 14.7. The Morgan fingerprint density at radius 3 is 2.70 bits per heavy atom. The molecular formula is C16H21N3O. The van der Waals surface area contributed by atoms with Crippen molar-refractivity contribution in [1.29, 1.82) is 0 Å². The van der Waals surface area contributed by atoms with Gasteiger partial charge in [-0.1, -0.05) is 36.3 Å². The molecule has 0 unspecified atom stereocenters. The van der Waals surface area contributed by atoms with Crippen LogP contribution in [0.2, 0.25) is 0 Å². The maximum absolute atomic E-state index is 5.42. The molecule has 0 bridgehead atoms. The molecule has 1 aliphatic heterocycles. The quantitative estimate of drug-likeness (QED) is 0.820. The highest BCUT2D eigenvalue weighted by atomic mass is 16.5. The summed E-state index contributed by atoms with van der Waals surface area (Å²) < 4.78 is 5.42. The number of nitrogens with zero attached hydrogens (tertiary/aromatic N) is 2. The highest BCUT2D eigenvalue weighted by Gasteiger charge is 2.19. The standard InChI is InChI=1S/C16H21N3O/c1-2-7-17-9-15-8-16(20-18-15)12-19-10-13-5-3-4-6-14(13)11-19/h3-6,8,17H,2,7,9-12H2,1H3. The second-order valence-electron chi connectivity index (χ2n) is 5.38. The van der Waals surface area contributed by atoms with E-state index >= 15 is 0 Å². The van der Waals surface area contributed by atoms with Crippen LogP contribution in [-0.4, -0.2) is 16.6 Å². The molecule has 0 saturated heterocycles. The van der Waals surface area contributed by atoms with E-state index in [1.165, 1.54) is 11.1 Å². The van der Waals surface area contributed by atoms with E-state index in [1.54, 1.807) is 0 Å². The van der Waals surface area contributed by atoms with E-state index in [-0.39, 0.29) is 0 Å². The minimum absolute atomic E-state index is 0.789. The minimum atomic E-state index is 0.789. The molecule has 1 aliphatic rings. The molecule has 4 heteroatoms. The summed E-state index contributed by atoms with van der Waals surface area (Å²) in [7, 11) is 0. The van der Waals surface area contributed by atoms with E-state index in [1.807, 2.05) is 0 Å². The van der Waals surface area contributed by atoms with E-state index < -0.39 is 0 Å². The third-order valence-corrected chi connectivity index (χ3v) is 3.63. The summed E-state index contributed by atoms with van der Waals surface area (Å²) in [6, 6.07) is 10.7. The van der Waals surface area contributed by atoms with Crippen LogP contribution in [0.25, 0.3) is 0 Å². The first-order valence-corrected chi connectivity index (χ1v) is 7.29. The average molecular weight is 271 g/mol. The Labute approximate surface area is 119 Å². The van der Waals surface area contributed by atoms with Crippen LogP contribution in [0.4, 0.5) is 0 Å². The van der Waals surface area contributed by atoms with E-state index in [4.69, 9.17) is 4.52 Å². The lowest BCUT2D eigenvalue weighted by Gasteiger charge is -2.11. The van der Waals surface area contributed by atoms with E-state index in [2.05, 4.69) is 52.6 Å². The van der Waals surface area contributed by atoms with Gasteiger partial charge in [0.25, 0.3) is 0 Å². The van der Waals surface area contributed by atoms with Crippen LogP contribution in [0.15, 0.2) is 34.9 Å². The van der Waals surface area contributed by atoms with Crippen LogP contribution < -0.4 is 5.32 Å². The maximum Gasteiger partial charge on any atom is 0.151 e. The van der Waals surface area contributed by atoms with Gasteiger partial charge in [0.1, 0.15) is 0 Å². The van der Waals surface area contributed by atoms with Crippen molar-refractivity contribution >= 4 is 0 Å². The molecule has 0 atom stereocenters. The van der Waals surface area contributed by atoms with Crippen molar-refractivity contribution in [2.45, 2.75) is 39.5 Å². The van der Waals surface area contributed by atoms with Crippen LogP contribution >= 0.6 is 0 Å². The van der Waals surface area contributed by atoms with Crippen LogP contribution in [0, 0.1) is 0 Å². The molecule has 0 radical (unpaired) electrons. The molecule has 3 rings (SSSR count). The number of hydrogen-bond donors (Lipinski definition) is 1. The summed E-state index contributed by atoms with van der Waals surface area (Å²) in [4.78, 5) is 2.38. The molecule has 2 aromatic rings. The smallest absolute Gasteiger partial charge is 0.151 e. The molecule has 0 amide bonds. The van der Waals surface area contributed by atoms with Gasteiger partial charge in [-0.15, -0.1) is 0 Å². The predicted molar refractivity (Wildman–Crippen MR) is 77.9 cm³/mol. The van der Waals surface area contributed by atoms with Crippen molar-refractivity contribution < 1.29 is 4.52 Å². The van der Waals surface area contributed by atoms with Gasteiger partial charge in [-0.3, -0.25) is 4.90 Å². The van der Waals surface area contributed by atoms with E-state index in [9.17, 15) is 0 Å². The monoisotopic (exact) mass is 271 g/mol. The molecule has 0 aliphatic carbocycles. The van der Waals surface area contributed by atoms with Crippen molar-refractivity contribution in [2.24, 2.45) is 0 Å². The Bertz CT molecular complexity index is 539. The first-order valence-electron chi connectivity index (χ1n) is 7.29. The SMILES string of the molecule is CCCNCc1cc(CN2Cc3ccccc3C2)on1. The zero-order valence-corrected chi connectivity index (χ0v) is 11.9. The summed E-state index contributed by atoms with van der Waals surface area (Å²) in [5.74, 6) is 0.950. The molecule has 20 heavy (non-hydrogen) atoms. The van der Waals surface area contributed by atoms with Gasteiger partial charge in [0.05, 0.1) is 12.2 Å². The van der Waals surface area contributed by atoms with Crippen molar-refractivity contribution in [3.05, 3.63) is 52.9 Å². The van der Waals surface area contributed by atoms with Crippen molar-refractivity contribution in [3.63, 3.8) is 0 Å². The zero-order chi connectivity index (χ0) is 13.8. The molecule has 4 nitrogen and oxygen atoms in total. The van der Waals surface area contributed by atoms with Crippen LogP contribution in [-0.2, 0) is 26.2 Å². The molecular weight excluding hydrogens is 250 g/mol. The summed E-state index contributed by atoms with van der Waals surface area (Å²) in [6.45, 7) is 6.80. The molecule has 0 fully saturated rings. The molecule has 0 spiro atoms. The van der Waals surface area contributed by atoms with Gasteiger partial charge in [-0.2, -0.15) is 0 Å². The Morgan fingerprint density at radius 2 is 2.00 bits per heavy atom. The van der Waals surface area contributed by atoms with Crippen LogP contribution in [0.1, 0.15) is 35.9 Å². The Kier molecular flexibility index (Phi) is 4.14. The zero-order valence-electron chi connectivity index (χ0n) is 11.9. The summed E-state index contributed by atoms with van der Waals surface area (Å²) in [5.41, 5.74) is 3.85. The first-order chi connectivity index (χ1) is 9.85. The maximum atomic E-state index is 5.42. The van der Waals surface area contributed by atoms with Gasteiger partial charge in [0.2, 0.25) is 0 Å². The number of fused-ring (bicyclic) bond motifs is 1. The van der Waals surface area contributed by atoms with Gasteiger partial charge in [-0.25, -0.2) is 0 Å². The summed E-state index contributed by atoms with van der Waals surface area (Å²) >= 11 is 0. The number of rotatable bonds is 6. The lowest BCUT2D eigenvalue weighted by atomic mass is 10.1. The minimum Gasteiger partial charge on any atom is -0.360 e. The summed E-state index contributed by atoms with van der Waals surface area (Å²) in [5, 5.41) is 7.45. The lowest BCUT2D eigenvalue weighted by Crippen LogP contribution is -2.15. The Balaban J connectivity index is 1.55. The fourth-order valence-electron chi connectivity index (χ4n) is 2.64. The molecule has 106 valence electrons. The Morgan fingerprint density at radius 1 is 1.25 bits per heavy atom. The van der Waals surface area contributed by atoms with Crippen LogP contribution in [0.3, 0.4) is 0 Å². The van der Waals surface area contributed by atoms with Gasteiger partial charge < -0.3 is 9.84 Å². The fourth-order valence-corrected chi connectivity index (χ4v) is 2.64. The van der Waals surface area contributed by atoms with Gasteiger partial charge in [0.15, 0.2) is 5.76 Å². The number of benzene rings is 1. The molecule has 1 aromatic carbocycles. The average Bonchev–Trinajstić information content (AvgIpc) is 3.05. The third kappa shape index (κ3) is 3.08. The van der Waals surface area contributed by atoms with Crippen LogP contribution in [0.5, 0.6) is 0 Å². The van der Waals surface area contributed by atoms with Crippen molar-refractivity contribution in [2.75, 3.05) is 6.54 Å². The highest BCUT2D eigenvalue weighted by molar-refractivity contribution is 5.30. The van der Waals surface area contributed by atoms with Gasteiger partial charge in [0, 0.05) is 25.7 Å². The molecule has 1 N–H and O–H groups in total. The number of aromatic nitrogens is 1. The number of hydrogen-bond acceptors (Lipinski definition) is 4. The summed E-state index contributed by atoms with van der Waals surface area (Å²) in [6.07, 6.45) is 1.14. The lowest BCUT2D eigenvalue weighted by molar-refractivity contribution is 0.235. The predicted octanol–water partition coefficient (Wildman–Crippen LogP) is 2.69. The molecule has 1 aromatic heterocycles. The molecule has 0 saturated carbocycles. The third-order valence-electron chi connectivity index (χ3n) is 3.63. The second kappa shape index (κ2) is 6.20. The fraction of sp³-hybridized carbons (Fsp3) is 0.438. The highest BCUT2D eigenvalue weighted by Crippen LogP contribution is 2.23.